The van der Waals surface area contributed by atoms with E-state index in [2.05, 4.69) is 29.4 Å². The first-order valence-electron chi connectivity index (χ1n) is 9.90. The summed E-state index contributed by atoms with van der Waals surface area (Å²) in [4.78, 5) is 13.9. The van der Waals surface area contributed by atoms with Gasteiger partial charge in [0.15, 0.2) is 0 Å². The Balaban J connectivity index is 1.75. The minimum atomic E-state index is -0.898. The van der Waals surface area contributed by atoms with Crippen molar-refractivity contribution in [2.45, 2.75) is 44.6 Å². The summed E-state index contributed by atoms with van der Waals surface area (Å²) < 4.78 is 5.00. The molecule has 2 bridgehead atoms. The van der Waals surface area contributed by atoms with E-state index in [4.69, 9.17) is 4.74 Å². The van der Waals surface area contributed by atoms with Crippen LogP contribution in [-0.4, -0.2) is 47.8 Å². The van der Waals surface area contributed by atoms with Gasteiger partial charge in [0, 0.05) is 24.4 Å². The number of ether oxygens (including phenoxy) is 1. The maximum atomic E-state index is 11.6. The van der Waals surface area contributed by atoms with Crippen molar-refractivity contribution in [3.8, 4) is 11.8 Å². The lowest BCUT2D eigenvalue weighted by Gasteiger charge is -2.47. The Morgan fingerprint density at radius 2 is 2.22 bits per heavy atom. The summed E-state index contributed by atoms with van der Waals surface area (Å²) in [5.74, 6) is 6.54. The second-order valence-corrected chi connectivity index (χ2v) is 7.51. The van der Waals surface area contributed by atoms with Gasteiger partial charge < -0.3 is 9.84 Å². The maximum absolute atomic E-state index is 11.6. The van der Waals surface area contributed by atoms with Crippen LogP contribution in [0.3, 0.4) is 0 Å². The smallest absolute Gasteiger partial charge is 0.306 e. The average Bonchev–Trinajstić information content (AvgIpc) is 2.67. The summed E-state index contributed by atoms with van der Waals surface area (Å²) in [5, 5.41) is 11.0. The lowest BCUT2D eigenvalue weighted by molar-refractivity contribution is -0.143. The van der Waals surface area contributed by atoms with Gasteiger partial charge in [-0.2, -0.15) is 0 Å². The maximum Gasteiger partial charge on any atom is 0.306 e. The molecule has 3 aliphatic heterocycles. The number of rotatable bonds is 6. The van der Waals surface area contributed by atoms with Crippen LogP contribution in [0.4, 0.5) is 0 Å². The Hall–Kier alpha value is -2.09. The molecule has 3 fully saturated rings. The number of esters is 1. The van der Waals surface area contributed by atoms with E-state index in [-0.39, 0.29) is 11.9 Å². The molecule has 0 aliphatic carbocycles. The van der Waals surface area contributed by atoms with E-state index in [1.807, 2.05) is 25.1 Å². The molecule has 1 atom stereocenters. The second-order valence-electron chi connectivity index (χ2n) is 7.51. The summed E-state index contributed by atoms with van der Waals surface area (Å²) in [6.07, 6.45) is 5.65. The normalized spacial score (nSPS) is 26.1. The van der Waals surface area contributed by atoms with Gasteiger partial charge in [0.2, 0.25) is 0 Å². The van der Waals surface area contributed by atoms with Crippen molar-refractivity contribution in [2.75, 3.05) is 26.2 Å². The van der Waals surface area contributed by atoms with E-state index < -0.39 is 5.60 Å². The molecule has 4 nitrogen and oxygen atoms in total. The van der Waals surface area contributed by atoms with Crippen LogP contribution < -0.4 is 0 Å². The van der Waals surface area contributed by atoms with Crippen molar-refractivity contribution in [1.82, 2.24) is 4.90 Å². The van der Waals surface area contributed by atoms with Gasteiger partial charge in [0.1, 0.15) is 5.60 Å². The molecule has 0 unspecified atom stereocenters. The van der Waals surface area contributed by atoms with Crippen molar-refractivity contribution in [1.29, 1.82) is 0 Å². The number of nitrogens with zero attached hydrogens (tertiary/aromatic N) is 1. The van der Waals surface area contributed by atoms with Gasteiger partial charge in [-0.25, -0.2) is 0 Å². The van der Waals surface area contributed by atoms with E-state index in [9.17, 15) is 9.90 Å². The number of hydrogen-bond donors (Lipinski definition) is 1. The number of carbonyl (C=O) groups excluding carboxylic acids is 1. The molecule has 0 saturated carbocycles. The summed E-state index contributed by atoms with van der Waals surface area (Å²) >= 11 is 0. The van der Waals surface area contributed by atoms with Crippen LogP contribution in [0.2, 0.25) is 0 Å². The Labute approximate surface area is 162 Å². The van der Waals surface area contributed by atoms with Gasteiger partial charge in [-0.1, -0.05) is 30.0 Å². The topological polar surface area (TPSA) is 49.8 Å². The van der Waals surface area contributed by atoms with Gasteiger partial charge in [-0.15, -0.1) is 6.58 Å². The van der Waals surface area contributed by atoms with Crippen LogP contribution in [0, 0.1) is 17.8 Å². The molecule has 4 heteroatoms. The first-order chi connectivity index (χ1) is 13.0. The van der Waals surface area contributed by atoms with Crippen LogP contribution >= 0.6 is 0 Å². The van der Waals surface area contributed by atoms with E-state index in [0.29, 0.717) is 32.4 Å². The van der Waals surface area contributed by atoms with Crippen molar-refractivity contribution in [3.63, 3.8) is 0 Å². The molecule has 4 rings (SSSR count). The van der Waals surface area contributed by atoms with E-state index in [1.165, 1.54) is 0 Å². The standard InChI is InChI=1S/C23H29NO3/c1-3-5-20-16-18(7-9-22(25)27-4-2)6-8-19(20)10-13-23(26)17-24-14-11-21(23)12-15-24/h3,6,8,16,21,26H,1,4-5,7,9,11-12,14-15,17H2,2H3/t23-/m0/s1. The lowest BCUT2D eigenvalue weighted by Crippen LogP contribution is -2.58. The zero-order valence-electron chi connectivity index (χ0n) is 16.2. The summed E-state index contributed by atoms with van der Waals surface area (Å²) in [5.41, 5.74) is 2.21. The zero-order valence-corrected chi connectivity index (χ0v) is 16.2. The summed E-state index contributed by atoms with van der Waals surface area (Å²) in [7, 11) is 0. The molecule has 3 heterocycles. The molecule has 0 radical (unpaired) electrons. The number of allylic oxidation sites excluding steroid dienone is 1. The summed E-state index contributed by atoms with van der Waals surface area (Å²) in [6, 6.07) is 6.10. The van der Waals surface area contributed by atoms with Crippen molar-refractivity contribution in [2.24, 2.45) is 5.92 Å². The van der Waals surface area contributed by atoms with E-state index in [0.717, 1.165) is 42.6 Å². The molecule has 3 aliphatic rings. The highest BCUT2D eigenvalue weighted by Gasteiger charge is 2.44. The number of hydrogen-bond acceptors (Lipinski definition) is 4. The van der Waals surface area contributed by atoms with Gasteiger partial charge in [-0.3, -0.25) is 9.69 Å². The molecule has 1 aromatic carbocycles. The fourth-order valence-electron chi connectivity index (χ4n) is 4.08. The van der Waals surface area contributed by atoms with Crippen LogP contribution in [0.15, 0.2) is 30.9 Å². The van der Waals surface area contributed by atoms with Gasteiger partial charge in [0.25, 0.3) is 0 Å². The summed E-state index contributed by atoms with van der Waals surface area (Å²) in [6.45, 7) is 8.87. The fourth-order valence-corrected chi connectivity index (χ4v) is 4.08. The van der Waals surface area contributed by atoms with Gasteiger partial charge in [-0.05, 0) is 62.9 Å². The number of piperidine rings is 3. The molecule has 1 N–H and O–H groups in total. The minimum Gasteiger partial charge on any atom is -0.466 e. The van der Waals surface area contributed by atoms with Crippen LogP contribution in [0.1, 0.15) is 42.9 Å². The monoisotopic (exact) mass is 367 g/mol. The molecular formula is C23H29NO3. The predicted molar refractivity (Wildman–Crippen MR) is 106 cm³/mol. The molecule has 27 heavy (non-hydrogen) atoms. The van der Waals surface area contributed by atoms with Crippen LogP contribution in [0.5, 0.6) is 0 Å². The highest BCUT2D eigenvalue weighted by atomic mass is 16.5. The zero-order chi connectivity index (χ0) is 19.3. The number of aliphatic hydroxyl groups is 1. The Morgan fingerprint density at radius 3 is 2.85 bits per heavy atom. The van der Waals surface area contributed by atoms with Gasteiger partial charge >= 0.3 is 5.97 Å². The number of fused-ring (bicyclic) bond motifs is 3. The minimum absolute atomic E-state index is 0.170. The third-order valence-corrected chi connectivity index (χ3v) is 5.60. The Kier molecular flexibility index (Phi) is 6.36. The number of benzene rings is 1. The molecule has 0 amide bonds. The first-order valence-corrected chi connectivity index (χ1v) is 9.90. The van der Waals surface area contributed by atoms with E-state index >= 15 is 0 Å². The quantitative estimate of drug-likeness (QED) is 0.477. The lowest BCUT2D eigenvalue weighted by atomic mass is 9.75. The molecule has 0 aromatic heterocycles. The van der Waals surface area contributed by atoms with E-state index in [1.54, 1.807) is 0 Å². The molecule has 1 aromatic rings. The second kappa shape index (κ2) is 8.73. The predicted octanol–water partition coefficient (Wildman–Crippen LogP) is 2.72. The highest BCUT2D eigenvalue weighted by molar-refractivity contribution is 5.69. The molecule has 3 saturated heterocycles. The average molecular weight is 367 g/mol. The highest BCUT2D eigenvalue weighted by Crippen LogP contribution is 2.35. The Bertz CT molecular complexity index is 753. The van der Waals surface area contributed by atoms with Crippen molar-refractivity contribution in [3.05, 3.63) is 47.5 Å². The molecule has 144 valence electrons. The first kappa shape index (κ1) is 19.7. The number of aryl methyl sites for hydroxylation is 1. The van der Waals surface area contributed by atoms with Crippen molar-refractivity contribution >= 4 is 5.97 Å². The molecule has 0 spiro atoms. The van der Waals surface area contributed by atoms with Gasteiger partial charge in [0.05, 0.1) is 6.61 Å². The Morgan fingerprint density at radius 1 is 1.44 bits per heavy atom. The third-order valence-electron chi connectivity index (χ3n) is 5.60. The SMILES string of the molecule is C=CCc1cc(CCC(=O)OCC)ccc1C#C[C@]1(O)CN2CCC1CC2. The third kappa shape index (κ3) is 4.80. The van der Waals surface area contributed by atoms with Crippen molar-refractivity contribution < 1.29 is 14.6 Å². The van der Waals surface area contributed by atoms with Crippen LogP contribution in [0.25, 0.3) is 0 Å². The molecular weight excluding hydrogens is 338 g/mol. The number of carbonyl (C=O) groups is 1. The largest absolute Gasteiger partial charge is 0.466 e. The fraction of sp³-hybridized carbons (Fsp3) is 0.522. The van der Waals surface area contributed by atoms with Crippen LogP contribution in [-0.2, 0) is 22.4 Å².